The van der Waals surface area contributed by atoms with E-state index in [-0.39, 0.29) is 11.9 Å². The molecule has 1 fully saturated rings. The van der Waals surface area contributed by atoms with Crippen LogP contribution in [0.5, 0.6) is 0 Å². The SMILES string of the molecule is C[C@H](NC(=O)c1ccc(-n2cnnc2)cc1)c1ccc(N2CCOCC2)cc1. The molecule has 0 radical (unpaired) electrons. The molecule has 0 aliphatic carbocycles. The first-order valence-electron chi connectivity index (χ1n) is 9.39. The zero-order valence-electron chi connectivity index (χ0n) is 15.8. The topological polar surface area (TPSA) is 72.3 Å². The van der Waals surface area contributed by atoms with E-state index in [2.05, 4.69) is 44.7 Å². The van der Waals surface area contributed by atoms with E-state index in [0.717, 1.165) is 37.6 Å². The Balaban J connectivity index is 1.38. The number of morpholine rings is 1. The van der Waals surface area contributed by atoms with E-state index in [1.807, 2.05) is 19.1 Å². The Morgan fingerprint density at radius 2 is 1.57 bits per heavy atom. The van der Waals surface area contributed by atoms with Crippen molar-refractivity contribution in [3.63, 3.8) is 0 Å². The number of aromatic nitrogens is 3. The zero-order valence-corrected chi connectivity index (χ0v) is 15.8. The highest BCUT2D eigenvalue weighted by Gasteiger charge is 2.14. The van der Waals surface area contributed by atoms with Crippen LogP contribution in [0, 0.1) is 0 Å². The van der Waals surface area contributed by atoms with Crippen molar-refractivity contribution in [1.82, 2.24) is 20.1 Å². The van der Waals surface area contributed by atoms with Gasteiger partial charge in [0.1, 0.15) is 12.7 Å². The average molecular weight is 377 g/mol. The highest BCUT2D eigenvalue weighted by Crippen LogP contribution is 2.20. The summed E-state index contributed by atoms with van der Waals surface area (Å²) in [7, 11) is 0. The smallest absolute Gasteiger partial charge is 0.251 e. The molecule has 0 spiro atoms. The molecule has 1 saturated heterocycles. The van der Waals surface area contributed by atoms with Crippen molar-refractivity contribution in [2.24, 2.45) is 0 Å². The molecule has 1 amide bonds. The van der Waals surface area contributed by atoms with E-state index < -0.39 is 0 Å². The molecule has 1 aromatic heterocycles. The summed E-state index contributed by atoms with van der Waals surface area (Å²) >= 11 is 0. The molecule has 2 aromatic carbocycles. The quantitative estimate of drug-likeness (QED) is 0.740. The van der Waals surface area contributed by atoms with Crippen LogP contribution < -0.4 is 10.2 Å². The van der Waals surface area contributed by atoms with Gasteiger partial charge >= 0.3 is 0 Å². The van der Waals surface area contributed by atoms with Crippen LogP contribution in [0.2, 0.25) is 0 Å². The predicted octanol–water partition coefficient (Wildman–Crippen LogP) is 2.59. The maximum Gasteiger partial charge on any atom is 0.251 e. The normalized spacial score (nSPS) is 15.2. The summed E-state index contributed by atoms with van der Waals surface area (Å²) in [4.78, 5) is 14.9. The largest absolute Gasteiger partial charge is 0.378 e. The maximum absolute atomic E-state index is 12.6. The molecule has 2 heterocycles. The Labute approximate surface area is 164 Å². The van der Waals surface area contributed by atoms with Crippen LogP contribution in [0.1, 0.15) is 28.9 Å². The van der Waals surface area contributed by atoms with Crippen LogP contribution >= 0.6 is 0 Å². The van der Waals surface area contributed by atoms with Crippen LogP contribution in [0.15, 0.2) is 61.2 Å². The second-order valence-corrected chi connectivity index (χ2v) is 6.80. The van der Waals surface area contributed by atoms with Gasteiger partial charge in [0.15, 0.2) is 0 Å². The van der Waals surface area contributed by atoms with Crippen molar-refractivity contribution in [1.29, 1.82) is 0 Å². The molecule has 4 rings (SSSR count). The fraction of sp³-hybridized carbons (Fsp3) is 0.286. The van der Waals surface area contributed by atoms with E-state index in [0.29, 0.717) is 5.56 Å². The minimum atomic E-state index is -0.0972. The summed E-state index contributed by atoms with van der Waals surface area (Å²) < 4.78 is 7.19. The first kappa shape index (κ1) is 18.2. The second kappa shape index (κ2) is 8.22. The van der Waals surface area contributed by atoms with Crippen molar-refractivity contribution < 1.29 is 9.53 Å². The minimum absolute atomic E-state index is 0.0798. The van der Waals surface area contributed by atoms with Crippen molar-refractivity contribution >= 4 is 11.6 Å². The highest BCUT2D eigenvalue weighted by atomic mass is 16.5. The van der Waals surface area contributed by atoms with Gasteiger partial charge in [-0.3, -0.25) is 9.36 Å². The molecule has 0 unspecified atom stereocenters. The van der Waals surface area contributed by atoms with E-state index in [1.54, 1.807) is 29.4 Å². The van der Waals surface area contributed by atoms with Crippen molar-refractivity contribution in [2.45, 2.75) is 13.0 Å². The van der Waals surface area contributed by atoms with Crippen LogP contribution in [-0.4, -0.2) is 47.0 Å². The Bertz CT molecular complexity index is 901. The molecule has 1 aliphatic rings. The van der Waals surface area contributed by atoms with E-state index in [4.69, 9.17) is 4.74 Å². The molecule has 3 aromatic rings. The molecule has 1 aliphatic heterocycles. The Hall–Kier alpha value is -3.19. The molecule has 144 valence electrons. The summed E-state index contributed by atoms with van der Waals surface area (Å²) in [6.07, 6.45) is 3.25. The number of rotatable bonds is 5. The Morgan fingerprint density at radius 1 is 0.964 bits per heavy atom. The number of benzene rings is 2. The second-order valence-electron chi connectivity index (χ2n) is 6.80. The van der Waals surface area contributed by atoms with Gasteiger partial charge in [-0.25, -0.2) is 0 Å². The van der Waals surface area contributed by atoms with Gasteiger partial charge in [0, 0.05) is 30.0 Å². The monoisotopic (exact) mass is 377 g/mol. The maximum atomic E-state index is 12.6. The minimum Gasteiger partial charge on any atom is -0.378 e. The Morgan fingerprint density at radius 3 is 2.21 bits per heavy atom. The summed E-state index contributed by atoms with van der Waals surface area (Å²) in [6.45, 7) is 5.36. The van der Waals surface area contributed by atoms with Crippen LogP contribution in [0.4, 0.5) is 5.69 Å². The van der Waals surface area contributed by atoms with Gasteiger partial charge < -0.3 is 15.0 Å². The third-order valence-electron chi connectivity index (χ3n) is 4.96. The van der Waals surface area contributed by atoms with Crippen molar-refractivity contribution in [2.75, 3.05) is 31.2 Å². The number of amides is 1. The van der Waals surface area contributed by atoms with Gasteiger partial charge in [0.25, 0.3) is 5.91 Å². The van der Waals surface area contributed by atoms with E-state index in [9.17, 15) is 4.79 Å². The molecule has 1 N–H and O–H groups in total. The molecule has 7 nitrogen and oxygen atoms in total. The molecular formula is C21H23N5O2. The lowest BCUT2D eigenvalue weighted by Crippen LogP contribution is -2.36. The van der Waals surface area contributed by atoms with Gasteiger partial charge in [0.2, 0.25) is 0 Å². The number of ether oxygens (including phenoxy) is 1. The third kappa shape index (κ3) is 4.04. The summed E-state index contributed by atoms with van der Waals surface area (Å²) in [5, 5.41) is 10.6. The third-order valence-corrected chi connectivity index (χ3v) is 4.96. The number of hydrogen-bond acceptors (Lipinski definition) is 5. The van der Waals surface area contributed by atoms with Crippen LogP contribution in [0.3, 0.4) is 0 Å². The molecule has 7 heteroatoms. The molecular weight excluding hydrogens is 354 g/mol. The first-order valence-corrected chi connectivity index (χ1v) is 9.39. The number of nitrogens with one attached hydrogen (secondary N) is 1. The lowest BCUT2D eigenvalue weighted by atomic mass is 10.1. The Kier molecular flexibility index (Phi) is 5.34. The summed E-state index contributed by atoms with van der Waals surface area (Å²) in [6, 6.07) is 15.6. The number of nitrogens with zero attached hydrogens (tertiary/aromatic N) is 4. The molecule has 28 heavy (non-hydrogen) atoms. The van der Waals surface area contributed by atoms with Gasteiger partial charge in [-0.1, -0.05) is 12.1 Å². The van der Waals surface area contributed by atoms with Crippen LogP contribution in [-0.2, 0) is 4.74 Å². The van der Waals surface area contributed by atoms with Gasteiger partial charge in [-0.2, -0.15) is 0 Å². The molecule has 0 bridgehead atoms. The van der Waals surface area contributed by atoms with E-state index >= 15 is 0 Å². The van der Waals surface area contributed by atoms with Gasteiger partial charge in [-0.15, -0.1) is 10.2 Å². The number of hydrogen-bond donors (Lipinski definition) is 1. The summed E-state index contributed by atoms with van der Waals surface area (Å²) in [5.74, 6) is -0.0972. The van der Waals surface area contributed by atoms with Crippen molar-refractivity contribution in [3.8, 4) is 5.69 Å². The fourth-order valence-corrected chi connectivity index (χ4v) is 3.28. The molecule has 1 atom stereocenters. The van der Waals surface area contributed by atoms with Crippen LogP contribution in [0.25, 0.3) is 5.69 Å². The summed E-state index contributed by atoms with van der Waals surface area (Å²) in [5.41, 5.74) is 3.79. The highest BCUT2D eigenvalue weighted by molar-refractivity contribution is 5.94. The van der Waals surface area contributed by atoms with Crippen molar-refractivity contribution in [3.05, 3.63) is 72.3 Å². The lowest BCUT2D eigenvalue weighted by Gasteiger charge is -2.29. The predicted molar refractivity (Wildman–Crippen MR) is 107 cm³/mol. The number of anilines is 1. The molecule has 0 saturated carbocycles. The number of carbonyl (C=O) groups is 1. The number of carbonyl (C=O) groups excluding carboxylic acids is 1. The zero-order chi connectivity index (χ0) is 19.3. The lowest BCUT2D eigenvalue weighted by molar-refractivity contribution is 0.0940. The van der Waals surface area contributed by atoms with E-state index in [1.165, 1.54) is 5.69 Å². The van der Waals surface area contributed by atoms with Gasteiger partial charge in [0.05, 0.1) is 19.3 Å². The average Bonchev–Trinajstić information content (AvgIpc) is 3.29. The van der Waals surface area contributed by atoms with Gasteiger partial charge in [-0.05, 0) is 48.9 Å². The first-order chi connectivity index (χ1) is 13.7. The fourth-order valence-electron chi connectivity index (χ4n) is 3.28. The standard InChI is InChI=1S/C21H23N5O2/c1-16(17-2-6-19(7-3-17)25-10-12-28-13-11-25)24-21(27)18-4-8-20(9-5-18)26-14-22-23-15-26/h2-9,14-16H,10-13H2,1H3,(H,24,27)/t16-/m0/s1.